The van der Waals surface area contributed by atoms with Gasteiger partial charge in [-0.25, -0.2) is 4.57 Å². The molecule has 1 N–H and O–H groups in total. The summed E-state index contributed by atoms with van der Waals surface area (Å²) in [6, 6.07) is 0. The van der Waals surface area contributed by atoms with E-state index in [-0.39, 0.29) is 13.2 Å². The summed E-state index contributed by atoms with van der Waals surface area (Å²) in [5.74, 6) is 2.11. The number of hydrogen-bond acceptors (Lipinski definition) is 5. The van der Waals surface area contributed by atoms with Crippen LogP contribution in [0.5, 0.6) is 0 Å². The monoisotopic (exact) mass is 512 g/mol. The molecule has 0 aromatic carbocycles. The lowest BCUT2D eigenvalue weighted by Crippen LogP contribution is -2.37. The number of phosphoric acid groups is 1. The number of unbranched alkanes of at least 4 members (excludes halogenated alkanes) is 11. The number of thioether (sulfide) groups is 1. The van der Waals surface area contributed by atoms with Crippen LogP contribution in [0.25, 0.3) is 0 Å². The molecule has 0 rings (SSSR count). The molecule has 0 aromatic rings. The molecule has 0 heterocycles. The van der Waals surface area contributed by atoms with Crippen LogP contribution in [0.2, 0.25) is 0 Å². The van der Waals surface area contributed by atoms with Crippen molar-refractivity contribution < 1.29 is 27.7 Å². The Bertz CT molecular complexity index is 463. The lowest BCUT2D eigenvalue weighted by Gasteiger charge is -2.24. The summed E-state index contributed by atoms with van der Waals surface area (Å²) in [6.07, 6.45) is 17.8. The van der Waals surface area contributed by atoms with Gasteiger partial charge in [-0.3, -0.25) is 9.05 Å². The second kappa shape index (κ2) is 22.8. The first-order valence-corrected chi connectivity index (χ1v) is 16.0. The van der Waals surface area contributed by atoms with Crippen LogP contribution in [-0.4, -0.2) is 75.0 Å². The Morgan fingerprint density at radius 3 is 1.73 bits per heavy atom. The minimum atomic E-state index is -3.90. The van der Waals surface area contributed by atoms with Gasteiger partial charge in [0.25, 0.3) is 0 Å². The molecule has 1 unspecified atom stereocenters. The van der Waals surface area contributed by atoms with Crippen molar-refractivity contribution in [1.82, 2.24) is 0 Å². The largest absolute Gasteiger partial charge is 0.472 e. The summed E-state index contributed by atoms with van der Waals surface area (Å²) in [4.78, 5) is 9.66. The SMILES string of the molecule is CCCCCCCCOCCCCCCCCCSCCCOP(=O)(O)OCC[N+](C)(C)C. The third-order valence-corrected chi connectivity index (χ3v) is 7.60. The summed E-state index contributed by atoms with van der Waals surface area (Å²) in [5.41, 5.74) is 0. The van der Waals surface area contributed by atoms with Crippen LogP contribution < -0.4 is 0 Å². The maximum Gasteiger partial charge on any atom is 0.472 e. The Kier molecular flexibility index (Phi) is 23.1. The minimum Gasteiger partial charge on any atom is -0.381 e. The molecule has 0 bridgehead atoms. The number of rotatable bonds is 26. The Hall–Kier alpha value is 0.380. The van der Waals surface area contributed by atoms with Crippen molar-refractivity contribution in [2.45, 2.75) is 96.8 Å². The van der Waals surface area contributed by atoms with Crippen molar-refractivity contribution in [2.75, 3.05) is 65.6 Å². The van der Waals surface area contributed by atoms with Crippen molar-refractivity contribution in [3.8, 4) is 0 Å². The van der Waals surface area contributed by atoms with Gasteiger partial charge in [-0.15, -0.1) is 0 Å². The highest BCUT2D eigenvalue weighted by Gasteiger charge is 2.21. The fourth-order valence-electron chi connectivity index (χ4n) is 3.29. The van der Waals surface area contributed by atoms with Gasteiger partial charge in [0.2, 0.25) is 0 Å². The molecule has 33 heavy (non-hydrogen) atoms. The molecule has 0 fully saturated rings. The maximum absolute atomic E-state index is 11.8. The molecule has 0 aliphatic carbocycles. The van der Waals surface area contributed by atoms with E-state index in [1.807, 2.05) is 32.9 Å². The molecule has 1 atom stereocenters. The van der Waals surface area contributed by atoms with Gasteiger partial charge >= 0.3 is 7.82 Å². The van der Waals surface area contributed by atoms with Crippen molar-refractivity contribution >= 4 is 19.6 Å². The van der Waals surface area contributed by atoms with Crippen molar-refractivity contribution in [2.24, 2.45) is 0 Å². The molecule has 0 radical (unpaired) electrons. The average Bonchev–Trinajstić information content (AvgIpc) is 2.73. The zero-order valence-electron chi connectivity index (χ0n) is 22.2. The van der Waals surface area contributed by atoms with Crippen LogP contribution in [0, 0.1) is 0 Å². The van der Waals surface area contributed by atoms with Crippen LogP contribution in [0.3, 0.4) is 0 Å². The molecule has 0 amide bonds. The Morgan fingerprint density at radius 2 is 1.15 bits per heavy atom. The number of likely N-dealkylation sites (N-methyl/N-ethyl adjacent to an activating group) is 1. The summed E-state index contributed by atoms with van der Waals surface area (Å²) < 4.78 is 28.3. The molecule has 0 aromatic heterocycles. The van der Waals surface area contributed by atoms with E-state index in [0.717, 1.165) is 31.1 Å². The lowest BCUT2D eigenvalue weighted by molar-refractivity contribution is -0.870. The third kappa shape index (κ3) is 28.5. The molecule has 0 saturated heterocycles. The maximum atomic E-state index is 11.8. The van der Waals surface area contributed by atoms with Crippen LogP contribution in [0.1, 0.15) is 96.8 Å². The first-order valence-electron chi connectivity index (χ1n) is 13.3. The molecular weight excluding hydrogens is 457 g/mol. The Morgan fingerprint density at radius 1 is 0.667 bits per heavy atom. The number of ether oxygens (including phenoxy) is 1. The number of phosphoric ester groups is 1. The van der Waals surface area contributed by atoms with E-state index in [4.69, 9.17) is 13.8 Å². The lowest BCUT2D eigenvalue weighted by atomic mass is 10.1. The van der Waals surface area contributed by atoms with E-state index >= 15 is 0 Å². The topological polar surface area (TPSA) is 65.0 Å². The highest BCUT2D eigenvalue weighted by Crippen LogP contribution is 2.43. The fraction of sp³-hybridized carbons (Fsp3) is 1.00. The van der Waals surface area contributed by atoms with E-state index in [1.165, 1.54) is 83.5 Å². The molecule has 8 heteroatoms. The second-order valence-corrected chi connectivity index (χ2v) is 12.6. The van der Waals surface area contributed by atoms with Gasteiger partial charge in [0, 0.05) is 13.2 Å². The van der Waals surface area contributed by atoms with Gasteiger partial charge in [-0.1, -0.05) is 71.1 Å². The zero-order valence-corrected chi connectivity index (χ0v) is 23.9. The third-order valence-electron chi connectivity index (χ3n) is 5.42. The zero-order chi connectivity index (χ0) is 24.7. The fourth-order valence-corrected chi connectivity index (χ4v) is 4.97. The Balaban J connectivity index is 3.23. The quantitative estimate of drug-likeness (QED) is 0.0760. The molecule has 6 nitrogen and oxygen atoms in total. The van der Waals surface area contributed by atoms with Gasteiger partial charge in [0.1, 0.15) is 13.2 Å². The first kappa shape index (κ1) is 33.4. The second-order valence-electron chi connectivity index (χ2n) is 9.97. The first-order chi connectivity index (χ1) is 15.8. The molecule has 0 saturated carbocycles. The highest BCUT2D eigenvalue weighted by molar-refractivity contribution is 7.99. The Labute approximate surface area is 209 Å². The van der Waals surface area contributed by atoms with E-state index in [9.17, 15) is 9.46 Å². The number of hydrogen-bond donors (Lipinski definition) is 1. The highest BCUT2D eigenvalue weighted by atomic mass is 32.2. The summed E-state index contributed by atoms with van der Waals surface area (Å²) >= 11 is 1.90. The molecule has 0 aliphatic rings. The van der Waals surface area contributed by atoms with Crippen LogP contribution >= 0.6 is 19.6 Å². The van der Waals surface area contributed by atoms with E-state index in [1.54, 1.807) is 0 Å². The standard InChI is InChI=1S/C25H54NO5PS/c1-5-6-7-8-12-15-20-29-21-16-13-10-9-11-14-17-24-33-25-18-22-30-32(27,28)31-23-19-26(2,3)4/h5-25H2,1-4H3/p+1. The predicted octanol–water partition coefficient (Wildman–Crippen LogP) is 7.06. The van der Waals surface area contributed by atoms with Gasteiger partial charge in [-0.05, 0) is 37.2 Å². The van der Waals surface area contributed by atoms with Crippen LogP contribution in [0.15, 0.2) is 0 Å². The number of nitrogens with zero attached hydrogens (tertiary/aromatic N) is 1. The van der Waals surface area contributed by atoms with Crippen LogP contribution in [0.4, 0.5) is 0 Å². The summed E-state index contributed by atoms with van der Waals surface area (Å²) in [6.45, 7) is 5.29. The van der Waals surface area contributed by atoms with Gasteiger partial charge in [0.05, 0.1) is 27.7 Å². The van der Waals surface area contributed by atoms with Gasteiger partial charge in [-0.2, -0.15) is 11.8 Å². The normalized spacial score (nSPS) is 14.0. The summed E-state index contributed by atoms with van der Waals surface area (Å²) in [5, 5.41) is 0. The van der Waals surface area contributed by atoms with E-state index in [0.29, 0.717) is 11.0 Å². The smallest absolute Gasteiger partial charge is 0.381 e. The van der Waals surface area contributed by atoms with Crippen molar-refractivity contribution in [3.63, 3.8) is 0 Å². The van der Waals surface area contributed by atoms with E-state index in [2.05, 4.69) is 6.92 Å². The minimum absolute atomic E-state index is 0.221. The predicted molar refractivity (Wildman–Crippen MR) is 143 cm³/mol. The molecule has 0 spiro atoms. The van der Waals surface area contributed by atoms with Crippen molar-refractivity contribution in [1.29, 1.82) is 0 Å². The average molecular weight is 513 g/mol. The van der Waals surface area contributed by atoms with Crippen LogP contribution in [-0.2, 0) is 18.3 Å². The molecule has 200 valence electrons. The van der Waals surface area contributed by atoms with E-state index < -0.39 is 7.82 Å². The summed E-state index contributed by atoms with van der Waals surface area (Å²) in [7, 11) is 2.14. The molecule has 0 aliphatic heterocycles. The van der Waals surface area contributed by atoms with Crippen molar-refractivity contribution in [3.05, 3.63) is 0 Å². The van der Waals surface area contributed by atoms with Gasteiger partial charge < -0.3 is 14.1 Å². The number of quaternary nitrogens is 1. The van der Waals surface area contributed by atoms with Gasteiger partial charge in [0.15, 0.2) is 0 Å². The molecular formula is C25H55NO5PS+.